The molecule has 0 aliphatic heterocycles. The van der Waals surface area contributed by atoms with Gasteiger partial charge in [-0.25, -0.2) is 0 Å². The van der Waals surface area contributed by atoms with Crippen LogP contribution in [0.4, 0.5) is 0 Å². The van der Waals surface area contributed by atoms with Crippen LogP contribution in [0.2, 0.25) is 0 Å². The summed E-state index contributed by atoms with van der Waals surface area (Å²) in [7, 11) is 2.10. The fourth-order valence-corrected chi connectivity index (χ4v) is 0.428. The van der Waals surface area contributed by atoms with Crippen molar-refractivity contribution in [3.63, 3.8) is 0 Å². The number of nitrogens with zero attached hydrogens (tertiary/aromatic N) is 1. The standard InChI is InChI=1S/C6H14N.C2H5.Zn/c1-4-6-7(3)5-2;1-2;/h1,4-6H2,2-3H3;1H2,2H3;/q2*-1;+2. The molecule has 0 amide bonds. The van der Waals surface area contributed by atoms with E-state index in [9.17, 15) is 0 Å². The fraction of sp³-hybridized carbons (Fsp3) is 0.750. The molecule has 0 atom stereocenters. The molecular formula is C8H19NZn. The first-order valence-electron chi connectivity index (χ1n) is 3.49. The first-order valence-corrected chi connectivity index (χ1v) is 3.49. The predicted molar refractivity (Wildman–Crippen MR) is 44.2 cm³/mol. The van der Waals surface area contributed by atoms with E-state index >= 15 is 0 Å². The van der Waals surface area contributed by atoms with E-state index in [1.165, 1.54) is 0 Å². The van der Waals surface area contributed by atoms with E-state index in [0.29, 0.717) is 0 Å². The molecule has 0 aromatic rings. The number of hydrogen-bond donors (Lipinski definition) is 0. The predicted octanol–water partition coefficient (Wildman–Crippen LogP) is 2.00. The first kappa shape index (κ1) is 16.9. The Morgan fingerprint density at radius 1 is 1.30 bits per heavy atom. The van der Waals surface area contributed by atoms with E-state index in [4.69, 9.17) is 0 Å². The van der Waals surface area contributed by atoms with Crippen LogP contribution in [0.15, 0.2) is 0 Å². The van der Waals surface area contributed by atoms with Crippen LogP contribution >= 0.6 is 0 Å². The largest absolute Gasteiger partial charge is 2.00 e. The van der Waals surface area contributed by atoms with Crippen LogP contribution in [0.25, 0.3) is 0 Å². The Morgan fingerprint density at radius 2 is 1.70 bits per heavy atom. The molecule has 0 rings (SSSR count). The van der Waals surface area contributed by atoms with E-state index < -0.39 is 0 Å². The van der Waals surface area contributed by atoms with Gasteiger partial charge in [-0.3, -0.25) is 0 Å². The van der Waals surface area contributed by atoms with E-state index in [1.54, 1.807) is 6.92 Å². The van der Waals surface area contributed by atoms with Gasteiger partial charge in [-0.1, -0.05) is 6.92 Å². The van der Waals surface area contributed by atoms with Crippen LogP contribution in [0.5, 0.6) is 0 Å². The maximum Gasteiger partial charge on any atom is 2.00 e. The zero-order chi connectivity index (χ0) is 7.70. The third-order valence-corrected chi connectivity index (χ3v) is 1.08. The van der Waals surface area contributed by atoms with Crippen molar-refractivity contribution in [3.05, 3.63) is 13.8 Å². The Morgan fingerprint density at radius 3 is 1.80 bits per heavy atom. The normalized spacial score (nSPS) is 7.80. The molecule has 0 saturated heterocycles. The fourth-order valence-electron chi connectivity index (χ4n) is 0.428. The molecule has 0 spiro atoms. The molecule has 1 nitrogen and oxygen atoms in total. The summed E-state index contributed by atoms with van der Waals surface area (Å²) >= 11 is 0. The first-order chi connectivity index (χ1) is 4.31. The molecule has 0 fully saturated rings. The topological polar surface area (TPSA) is 3.24 Å². The van der Waals surface area contributed by atoms with Gasteiger partial charge < -0.3 is 18.7 Å². The molecular weight excluding hydrogens is 175 g/mol. The molecule has 0 radical (unpaired) electrons. The molecule has 0 aliphatic rings. The minimum absolute atomic E-state index is 0. The molecule has 0 unspecified atom stereocenters. The van der Waals surface area contributed by atoms with Gasteiger partial charge in [0.15, 0.2) is 0 Å². The van der Waals surface area contributed by atoms with Gasteiger partial charge in [0.2, 0.25) is 0 Å². The van der Waals surface area contributed by atoms with Crippen LogP contribution in [-0.2, 0) is 19.5 Å². The van der Waals surface area contributed by atoms with E-state index in [2.05, 4.69) is 32.7 Å². The quantitative estimate of drug-likeness (QED) is 0.491. The maximum absolute atomic E-state index is 3.73. The van der Waals surface area contributed by atoms with Gasteiger partial charge in [-0.2, -0.15) is 13.3 Å². The summed E-state index contributed by atoms with van der Waals surface area (Å²) in [5, 5.41) is 0. The third-order valence-electron chi connectivity index (χ3n) is 1.08. The zero-order valence-corrected chi connectivity index (χ0v) is 10.7. The molecule has 10 heavy (non-hydrogen) atoms. The molecule has 0 N–H and O–H groups in total. The summed E-state index contributed by atoms with van der Waals surface area (Å²) in [6, 6.07) is 0. The van der Waals surface area contributed by atoms with Gasteiger partial charge in [-0.05, 0) is 20.1 Å². The average Bonchev–Trinajstić information content (AvgIpc) is 1.93. The molecule has 0 heterocycles. The second kappa shape index (κ2) is 16.3. The summed E-state index contributed by atoms with van der Waals surface area (Å²) in [5.74, 6) is 0. The van der Waals surface area contributed by atoms with Crippen molar-refractivity contribution in [3.8, 4) is 0 Å². The maximum atomic E-state index is 3.73. The molecule has 0 aromatic carbocycles. The van der Waals surface area contributed by atoms with Gasteiger partial charge in [0.1, 0.15) is 0 Å². The average molecular weight is 195 g/mol. The smallest absolute Gasteiger partial charge is 0.346 e. The second-order valence-corrected chi connectivity index (χ2v) is 1.75. The number of rotatable bonds is 3. The van der Waals surface area contributed by atoms with Gasteiger partial charge in [-0.15, -0.1) is 0 Å². The van der Waals surface area contributed by atoms with Crippen LogP contribution in [0.1, 0.15) is 20.3 Å². The molecule has 0 saturated carbocycles. The van der Waals surface area contributed by atoms with Crippen LogP contribution in [0.3, 0.4) is 0 Å². The van der Waals surface area contributed by atoms with Gasteiger partial charge in [0.05, 0.1) is 0 Å². The molecule has 0 bridgehead atoms. The molecule has 0 aromatic heterocycles. The van der Waals surface area contributed by atoms with Crippen molar-refractivity contribution >= 4 is 0 Å². The Kier molecular flexibility index (Phi) is 27.5. The van der Waals surface area contributed by atoms with Crippen LogP contribution in [0, 0.1) is 13.8 Å². The third kappa shape index (κ3) is 15.8. The zero-order valence-electron chi connectivity index (χ0n) is 7.69. The monoisotopic (exact) mass is 193 g/mol. The minimum atomic E-state index is 0. The minimum Gasteiger partial charge on any atom is -0.346 e. The molecule has 2 heteroatoms. The van der Waals surface area contributed by atoms with E-state index in [-0.39, 0.29) is 19.5 Å². The SMILES string of the molecule is [CH2-]C.[CH2-]CCN(C)CC.[Zn+2]. The summed E-state index contributed by atoms with van der Waals surface area (Å²) < 4.78 is 0. The van der Waals surface area contributed by atoms with Crippen molar-refractivity contribution in [1.29, 1.82) is 0 Å². The van der Waals surface area contributed by atoms with Crippen molar-refractivity contribution in [1.82, 2.24) is 4.90 Å². The van der Waals surface area contributed by atoms with E-state index in [1.807, 2.05) is 0 Å². The van der Waals surface area contributed by atoms with Crippen molar-refractivity contribution in [2.45, 2.75) is 20.3 Å². The Balaban J connectivity index is -0.000000149. The molecule has 0 aliphatic carbocycles. The second-order valence-electron chi connectivity index (χ2n) is 1.75. The van der Waals surface area contributed by atoms with Crippen LogP contribution < -0.4 is 0 Å². The van der Waals surface area contributed by atoms with Gasteiger partial charge >= 0.3 is 19.5 Å². The van der Waals surface area contributed by atoms with Crippen molar-refractivity contribution < 1.29 is 19.5 Å². The van der Waals surface area contributed by atoms with Crippen molar-refractivity contribution in [2.75, 3.05) is 20.1 Å². The van der Waals surface area contributed by atoms with Gasteiger partial charge in [0.25, 0.3) is 0 Å². The summed E-state index contributed by atoms with van der Waals surface area (Å²) in [4.78, 5) is 2.24. The van der Waals surface area contributed by atoms with Crippen LogP contribution in [-0.4, -0.2) is 25.0 Å². The van der Waals surface area contributed by atoms with E-state index in [0.717, 1.165) is 19.5 Å². The number of hydrogen-bond acceptors (Lipinski definition) is 1. The Bertz CT molecular complexity index is 40.2. The summed E-state index contributed by atoms with van der Waals surface area (Å²) in [6.07, 6.45) is 1.02. The van der Waals surface area contributed by atoms with Gasteiger partial charge in [0, 0.05) is 0 Å². The van der Waals surface area contributed by atoms with Crippen molar-refractivity contribution in [2.24, 2.45) is 0 Å². The Labute approximate surface area is 78.9 Å². The summed E-state index contributed by atoms with van der Waals surface area (Å²) in [5.41, 5.74) is 0. The Hall–Kier alpha value is 0.583. The summed E-state index contributed by atoms with van der Waals surface area (Å²) in [6.45, 7) is 13.1. The molecule has 58 valence electrons.